The molecule has 0 aromatic heterocycles. The summed E-state index contributed by atoms with van der Waals surface area (Å²) in [7, 11) is 0. The summed E-state index contributed by atoms with van der Waals surface area (Å²) in [4.78, 5) is 11.5. The Kier molecular flexibility index (Phi) is 7.39. The maximum atomic E-state index is 11.5. The lowest BCUT2D eigenvalue weighted by atomic mass is 9.94. The fourth-order valence-electron chi connectivity index (χ4n) is 1.91. The first-order chi connectivity index (χ1) is 7.73. The Morgan fingerprint density at radius 3 is 2.47 bits per heavy atom. The van der Waals surface area contributed by atoms with Crippen molar-refractivity contribution in [2.24, 2.45) is 11.7 Å². The van der Waals surface area contributed by atoms with E-state index in [1.807, 2.05) is 6.92 Å². The number of carbonyl (C=O) groups is 1. The van der Waals surface area contributed by atoms with Crippen LogP contribution in [0.15, 0.2) is 0 Å². The minimum atomic E-state index is -0.814. The van der Waals surface area contributed by atoms with E-state index in [1.165, 1.54) is 0 Å². The standard InChI is InChI=1S/C13H28N2O2/c1-10(2)8-13(4,17)9-15-12(16)7-5-6-11(3)14/h10-11,17H,5-9,14H2,1-4H3,(H,15,16). The number of hydrogen-bond donors (Lipinski definition) is 3. The number of aliphatic hydroxyl groups is 1. The van der Waals surface area contributed by atoms with Gasteiger partial charge in [0.15, 0.2) is 0 Å². The molecule has 0 aliphatic carbocycles. The van der Waals surface area contributed by atoms with Crippen molar-refractivity contribution in [1.29, 1.82) is 0 Å². The van der Waals surface area contributed by atoms with Gasteiger partial charge in [0.2, 0.25) is 5.91 Å². The van der Waals surface area contributed by atoms with Gasteiger partial charge >= 0.3 is 0 Å². The summed E-state index contributed by atoms with van der Waals surface area (Å²) in [6.07, 6.45) is 2.83. The second kappa shape index (κ2) is 7.67. The van der Waals surface area contributed by atoms with Gasteiger partial charge in [0.05, 0.1) is 5.60 Å². The van der Waals surface area contributed by atoms with E-state index < -0.39 is 5.60 Å². The number of rotatable bonds is 8. The van der Waals surface area contributed by atoms with Crippen LogP contribution >= 0.6 is 0 Å². The molecule has 0 bridgehead atoms. The molecule has 2 atom stereocenters. The number of hydrogen-bond acceptors (Lipinski definition) is 3. The van der Waals surface area contributed by atoms with Gasteiger partial charge in [0.25, 0.3) is 0 Å². The summed E-state index contributed by atoms with van der Waals surface area (Å²) < 4.78 is 0. The molecule has 4 heteroatoms. The summed E-state index contributed by atoms with van der Waals surface area (Å²) in [6.45, 7) is 8.13. The van der Waals surface area contributed by atoms with Gasteiger partial charge in [-0.05, 0) is 39.0 Å². The van der Waals surface area contributed by atoms with Gasteiger partial charge in [-0.1, -0.05) is 13.8 Å². The molecule has 0 rings (SSSR count). The molecule has 0 fully saturated rings. The molecular formula is C13H28N2O2. The lowest BCUT2D eigenvalue weighted by Crippen LogP contribution is -2.41. The van der Waals surface area contributed by atoms with Crippen LogP contribution < -0.4 is 11.1 Å². The Balaban J connectivity index is 3.75. The molecule has 0 heterocycles. The molecular weight excluding hydrogens is 216 g/mol. The first-order valence-corrected chi connectivity index (χ1v) is 6.47. The van der Waals surface area contributed by atoms with Crippen LogP contribution in [0.1, 0.15) is 53.4 Å². The zero-order valence-electron chi connectivity index (χ0n) is 11.6. The molecule has 2 unspecified atom stereocenters. The van der Waals surface area contributed by atoms with Crippen molar-refractivity contribution in [2.75, 3.05) is 6.54 Å². The Morgan fingerprint density at radius 1 is 1.41 bits per heavy atom. The quantitative estimate of drug-likeness (QED) is 0.604. The fourth-order valence-corrected chi connectivity index (χ4v) is 1.91. The highest BCUT2D eigenvalue weighted by atomic mass is 16.3. The maximum Gasteiger partial charge on any atom is 0.220 e. The van der Waals surface area contributed by atoms with E-state index in [4.69, 9.17) is 5.73 Å². The smallest absolute Gasteiger partial charge is 0.220 e. The molecule has 4 N–H and O–H groups in total. The molecule has 1 amide bonds. The van der Waals surface area contributed by atoms with Crippen molar-refractivity contribution >= 4 is 5.91 Å². The molecule has 102 valence electrons. The van der Waals surface area contributed by atoms with Gasteiger partial charge in [-0.15, -0.1) is 0 Å². The molecule has 0 aromatic rings. The van der Waals surface area contributed by atoms with Crippen LogP contribution in [-0.2, 0) is 4.79 Å². The topological polar surface area (TPSA) is 75.3 Å². The highest BCUT2D eigenvalue weighted by molar-refractivity contribution is 5.75. The highest BCUT2D eigenvalue weighted by Gasteiger charge is 2.22. The van der Waals surface area contributed by atoms with Crippen molar-refractivity contribution < 1.29 is 9.90 Å². The fraction of sp³-hybridized carbons (Fsp3) is 0.923. The van der Waals surface area contributed by atoms with Crippen molar-refractivity contribution in [3.8, 4) is 0 Å². The average molecular weight is 244 g/mol. The predicted molar refractivity (Wildman–Crippen MR) is 70.6 cm³/mol. The molecule has 17 heavy (non-hydrogen) atoms. The number of nitrogens with one attached hydrogen (secondary N) is 1. The number of amides is 1. The van der Waals surface area contributed by atoms with E-state index in [2.05, 4.69) is 19.2 Å². The van der Waals surface area contributed by atoms with Crippen LogP contribution in [0.3, 0.4) is 0 Å². The van der Waals surface area contributed by atoms with Gasteiger partial charge in [0.1, 0.15) is 0 Å². The summed E-state index contributed by atoms with van der Waals surface area (Å²) in [5.41, 5.74) is 4.79. The van der Waals surface area contributed by atoms with E-state index in [-0.39, 0.29) is 11.9 Å². The molecule has 0 spiro atoms. The third-order valence-electron chi connectivity index (χ3n) is 2.58. The third-order valence-corrected chi connectivity index (χ3v) is 2.58. The van der Waals surface area contributed by atoms with Gasteiger partial charge in [-0.25, -0.2) is 0 Å². The van der Waals surface area contributed by atoms with E-state index in [1.54, 1.807) is 6.92 Å². The van der Waals surface area contributed by atoms with Crippen LogP contribution in [-0.4, -0.2) is 29.2 Å². The zero-order valence-corrected chi connectivity index (χ0v) is 11.6. The molecule has 0 radical (unpaired) electrons. The molecule has 0 aliphatic rings. The Bertz CT molecular complexity index is 225. The van der Waals surface area contributed by atoms with Crippen molar-refractivity contribution in [3.05, 3.63) is 0 Å². The first kappa shape index (κ1) is 16.4. The summed E-state index contributed by atoms with van der Waals surface area (Å²) in [5.74, 6) is 0.412. The van der Waals surface area contributed by atoms with Gasteiger partial charge < -0.3 is 16.2 Å². The van der Waals surface area contributed by atoms with Crippen LogP contribution in [0.5, 0.6) is 0 Å². The normalized spacial score (nSPS) is 16.6. The molecule has 4 nitrogen and oxygen atoms in total. The minimum absolute atomic E-state index is 0.00492. The van der Waals surface area contributed by atoms with E-state index in [0.29, 0.717) is 25.3 Å². The van der Waals surface area contributed by atoms with Gasteiger partial charge in [0, 0.05) is 19.0 Å². The summed E-state index contributed by atoms with van der Waals surface area (Å²) in [6, 6.07) is 0.145. The predicted octanol–water partition coefficient (Wildman–Crippen LogP) is 1.42. The molecule has 0 aromatic carbocycles. The summed E-state index contributed by atoms with van der Waals surface area (Å²) >= 11 is 0. The second-order valence-corrected chi connectivity index (χ2v) is 5.74. The molecule has 0 saturated carbocycles. The van der Waals surface area contributed by atoms with E-state index in [9.17, 15) is 9.90 Å². The molecule has 0 saturated heterocycles. The third kappa shape index (κ3) is 10.3. The highest BCUT2D eigenvalue weighted by Crippen LogP contribution is 2.15. The lowest BCUT2D eigenvalue weighted by molar-refractivity contribution is -0.122. The van der Waals surface area contributed by atoms with E-state index in [0.717, 1.165) is 12.8 Å². The second-order valence-electron chi connectivity index (χ2n) is 5.74. The largest absolute Gasteiger partial charge is 0.388 e. The van der Waals surface area contributed by atoms with Crippen LogP contribution in [0.4, 0.5) is 0 Å². The average Bonchev–Trinajstić information content (AvgIpc) is 2.12. The van der Waals surface area contributed by atoms with Gasteiger partial charge in [-0.2, -0.15) is 0 Å². The molecule has 0 aliphatic heterocycles. The minimum Gasteiger partial charge on any atom is -0.388 e. The van der Waals surface area contributed by atoms with Crippen molar-refractivity contribution in [3.63, 3.8) is 0 Å². The maximum absolute atomic E-state index is 11.5. The Hall–Kier alpha value is -0.610. The number of nitrogens with two attached hydrogens (primary N) is 1. The lowest BCUT2D eigenvalue weighted by Gasteiger charge is -2.25. The van der Waals surface area contributed by atoms with Crippen LogP contribution in [0.2, 0.25) is 0 Å². The first-order valence-electron chi connectivity index (χ1n) is 6.47. The summed E-state index contributed by atoms with van der Waals surface area (Å²) in [5, 5.41) is 12.8. The SMILES string of the molecule is CC(C)CC(C)(O)CNC(=O)CCCC(C)N. The monoisotopic (exact) mass is 244 g/mol. The van der Waals surface area contributed by atoms with E-state index >= 15 is 0 Å². The van der Waals surface area contributed by atoms with Crippen LogP contribution in [0, 0.1) is 5.92 Å². The zero-order chi connectivity index (χ0) is 13.5. The Morgan fingerprint density at radius 2 is 2.00 bits per heavy atom. The van der Waals surface area contributed by atoms with Crippen molar-refractivity contribution in [2.45, 2.75) is 65.0 Å². The van der Waals surface area contributed by atoms with Crippen molar-refractivity contribution in [1.82, 2.24) is 5.32 Å². The number of carbonyl (C=O) groups excluding carboxylic acids is 1. The Labute approximate surface area is 105 Å². The van der Waals surface area contributed by atoms with Crippen LogP contribution in [0.25, 0.3) is 0 Å². The van der Waals surface area contributed by atoms with Gasteiger partial charge in [-0.3, -0.25) is 4.79 Å².